The number of aromatic nitrogens is 6. The van der Waals surface area contributed by atoms with E-state index < -0.39 is 10.0 Å². The molecule has 1 saturated carbocycles. The van der Waals surface area contributed by atoms with E-state index >= 15 is 0 Å². The lowest BCUT2D eigenvalue weighted by molar-refractivity contribution is 0.188. The van der Waals surface area contributed by atoms with Gasteiger partial charge in [-0.3, -0.25) is 0 Å². The Morgan fingerprint density at radius 1 is 1.19 bits per heavy atom. The molecule has 0 unspecified atom stereocenters. The quantitative estimate of drug-likeness (QED) is 0.722. The first-order valence-corrected chi connectivity index (χ1v) is 8.37. The molecule has 2 aliphatic rings. The molecule has 0 spiro atoms. The Morgan fingerprint density at radius 2 is 1.90 bits per heavy atom. The zero-order valence-electron chi connectivity index (χ0n) is 11.3. The molecule has 0 bridgehead atoms. The van der Waals surface area contributed by atoms with Crippen LogP contribution in [0.2, 0.25) is 0 Å². The van der Waals surface area contributed by atoms with Crippen LogP contribution in [0.4, 0.5) is 0 Å². The van der Waals surface area contributed by atoms with Crippen LogP contribution in [0, 0.1) is 0 Å². The zero-order chi connectivity index (χ0) is 14.4. The first-order chi connectivity index (χ1) is 10.1. The first kappa shape index (κ1) is 12.9. The molecular weight excluding hydrogens is 294 g/mol. The topological polar surface area (TPSA) is 98.8 Å². The average molecular weight is 309 g/mol. The van der Waals surface area contributed by atoms with Gasteiger partial charge in [-0.2, -0.15) is 19.3 Å². The van der Waals surface area contributed by atoms with Crippen molar-refractivity contribution < 1.29 is 8.42 Å². The highest BCUT2D eigenvalue weighted by atomic mass is 32.2. The van der Waals surface area contributed by atoms with Crippen LogP contribution in [-0.2, 0) is 16.6 Å². The molecule has 3 heterocycles. The lowest BCUT2D eigenvalue weighted by atomic mass is 10.2. The Hall–Kier alpha value is -1.81. The maximum absolute atomic E-state index is 12.0. The van der Waals surface area contributed by atoms with E-state index in [-0.39, 0.29) is 11.3 Å². The first-order valence-electron chi connectivity index (χ1n) is 6.87. The maximum Gasteiger partial charge on any atom is 0.217 e. The average Bonchev–Trinajstić information content (AvgIpc) is 2.98. The molecule has 0 aromatic carbocycles. The van der Waals surface area contributed by atoms with E-state index in [1.165, 1.54) is 4.80 Å². The molecule has 1 saturated heterocycles. The Labute approximate surface area is 121 Å². The summed E-state index contributed by atoms with van der Waals surface area (Å²) in [5.74, 6) is 0. The van der Waals surface area contributed by atoms with E-state index in [9.17, 15) is 8.42 Å². The number of hydrogen-bond donors (Lipinski definition) is 0. The SMILES string of the molecule is O=S(=O)(C1CC1)N1CC(n2cc(Cn3nccn3)nn2)C1. The van der Waals surface area contributed by atoms with Crippen LogP contribution < -0.4 is 0 Å². The van der Waals surface area contributed by atoms with Crippen LogP contribution in [0.1, 0.15) is 24.6 Å². The highest BCUT2D eigenvalue weighted by Crippen LogP contribution is 2.35. The molecule has 2 fully saturated rings. The molecule has 112 valence electrons. The van der Waals surface area contributed by atoms with Crippen molar-refractivity contribution in [3.8, 4) is 0 Å². The molecule has 21 heavy (non-hydrogen) atoms. The summed E-state index contributed by atoms with van der Waals surface area (Å²) in [5, 5.41) is 16.0. The van der Waals surface area contributed by atoms with Crippen molar-refractivity contribution in [2.45, 2.75) is 30.7 Å². The summed E-state index contributed by atoms with van der Waals surface area (Å²) in [6, 6.07) is 0.0744. The molecule has 9 nitrogen and oxygen atoms in total. The summed E-state index contributed by atoms with van der Waals surface area (Å²) in [4.78, 5) is 1.53. The molecule has 2 aromatic rings. The standard InChI is InChI=1S/C11H15N7O2S/c19-21(20,11-1-2-11)16-7-10(8-16)17-5-9(14-15-17)6-18-12-3-4-13-18/h3-5,10-11H,1-2,6-8H2. The van der Waals surface area contributed by atoms with Gasteiger partial charge in [0.2, 0.25) is 10.0 Å². The minimum absolute atomic E-state index is 0.0744. The van der Waals surface area contributed by atoms with E-state index in [1.54, 1.807) is 21.4 Å². The Bertz CT molecular complexity index is 728. The van der Waals surface area contributed by atoms with E-state index in [2.05, 4.69) is 20.5 Å². The molecule has 0 amide bonds. The Balaban J connectivity index is 1.39. The van der Waals surface area contributed by atoms with Gasteiger partial charge in [-0.25, -0.2) is 13.1 Å². The van der Waals surface area contributed by atoms with Gasteiger partial charge in [-0.1, -0.05) is 5.21 Å². The minimum Gasteiger partial charge on any atom is -0.246 e. The third-order valence-electron chi connectivity index (χ3n) is 3.84. The second kappa shape index (κ2) is 4.60. The third-order valence-corrected chi connectivity index (χ3v) is 6.17. The van der Waals surface area contributed by atoms with Gasteiger partial charge in [-0.15, -0.1) is 5.10 Å². The van der Waals surface area contributed by atoms with Gasteiger partial charge in [0.15, 0.2) is 0 Å². The second-order valence-electron chi connectivity index (χ2n) is 5.46. The fourth-order valence-electron chi connectivity index (χ4n) is 2.40. The van der Waals surface area contributed by atoms with Crippen molar-refractivity contribution in [2.75, 3.05) is 13.1 Å². The van der Waals surface area contributed by atoms with Gasteiger partial charge in [0.05, 0.1) is 29.9 Å². The van der Waals surface area contributed by atoms with Crippen LogP contribution in [-0.4, -0.2) is 61.1 Å². The molecule has 10 heteroatoms. The lowest BCUT2D eigenvalue weighted by Gasteiger charge is -2.37. The number of nitrogens with zero attached hydrogens (tertiary/aromatic N) is 7. The largest absolute Gasteiger partial charge is 0.246 e. The summed E-state index contributed by atoms with van der Waals surface area (Å²) >= 11 is 0. The van der Waals surface area contributed by atoms with E-state index in [0.717, 1.165) is 18.5 Å². The predicted octanol–water partition coefficient (Wildman–Crippen LogP) is -0.733. The monoisotopic (exact) mass is 309 g/mol. The molecule has 1 aliphatic carbocycles. The molecule has 1 aliphatic heterocycles. The summed E-state index contributed by atoms with van der Waals surface area (Å²) < 4.78 is 27.3. The van der Waals surface area contributed by atoms with Crippen LogP contribution in [0.3, 0.4) is 0 Å². The lowest BCUT2D eigenvalue weighted by Crippen LogP contribution is -2.51. The van der Waals surface area contributed by atoms with Crippen LogP contribution in [0.15, 0.2) is 18.6 Å². The van der Waals surface area contributed by atoms with Crippen LogP contribution in [0.5, 0.6) is 0 Å². The molecule has 2 aromatic heterocycles. The highest BCUT2D eigenvalue weighted by molar-refractivity contribution is 7.90. The maximum atomic E-state index is 12.0. The highest BCUT2D eigenvalue weighted by Gasteiger charge is 2.45. The summed E-state index contributed by atoms with van der Waals surface area (Å²) in [7, 11) is -3.06. The second-order valence-corrected chi connectivity index (χ2v) is 7.68. The smallest absolute Gasteiger partial charge is 0.217 e. The summed E-state index contributed by atoms with van der Waals surface area (Å²) in [6.07, 6.45) is 6.64. The van der Waals surface area contributed by atoms with Crippen molar-refractivity contribution in [1.29, 1.82) is 0 Å². The van der Waals surface area contributed by atoms with Gasteiger partial charge in [-0.05, 0) is 12.8 Å². The summed E-state index contributed by atoms with van der Waals surface area (Å²) in [5.41, 5.74) is 0.759. The fraction of sp³-hybridized carbons (Fsp3) is 0.636. The van der Waals surface area contributed by atoms with Crippen molar-refractivity contribution in [2.24, 2.45) is 0 Å². The third kappa shape index (κ3) is 2.33. The molecular formula is C11H15N7O2S. The predicted molar refractivity (Wildman–Crippen MR) is 71.7 cm³/mol. The van der Waals surface area contributed by atoms with Crippen molar-refractivity contribution >= 4 is 10.0 Å². The van der Waals surface area contributed by atoms with Gasteiger partial charge in [0.25, 0.3) is 0 Å². The van der Waals surface area contributed by atoms with Gasteiger partial charge >= 0.3 is 0 Å². The molecule has 0 N–H and O–H groups in total. The van der Waals surface area contributed by atoms with Gasteiger partial charge < -0.3 is 0 Å². The number of rotatable bonds is 5. The van der Waals surface area contributed by atoms with Gasteiger partial charge in [0, 0.05) is 13.1 Å². The Morgan fingerprint density at radius 3 is 2.57 bits per heavy atom. The van der Waals surface area contributed by atoms with Crippen LogP contribution >= 0.6 is 0 Å². The Kier molecular flexibility index (Phi) is 2.82. The van der Waals surface area contributed by atoms with Crippen molar-refractivity contribution in [3.63, 3.8) is 0 Å². The minimum atomic E-state index is -3.06. The number of hydrogen-bond acceptors (Lipinski definition) is 6. The summed E-state index contributed by atoms with van der Waals surface area (Å²) in [6.45, 7) is 1.44. The van der Waals surface area contributed by atoms with Gasteiger partial charge in [0.1, 0.15) is 12.2 Å². The van der Waals surface area contributed by atoms with Crippen LogP contribution in [0.25, 0.3) is 0 Å². The number of sulfonamides is 1. The normalized spacial score (nSPS) is 20.6. The van der Waals surface area contributed by atoms with E-state index in [0.29, 0.717) is 19.6 Å². The molecule has 4 rings (SSSR count). The van der Waals surface area contributed by atoms with Crippen molar-refractivity contribution in [3.05, 3.63) is 24.3 Å². The molecule has 0 radical (unpaired) electrons. The zero-order valence-corrected chi connectivity index (χ0v) is 12.1. The fourth-order valence-corrected chi connectivity index (χ4v) is 4.32. The van der Waals surface area contributed by atoms with Crippen molar-refractivity contribution in [1.82, 2.24) is 34.3 Å². The van der Waals surface area contributed by atoms with E-state index in [1.807, 2.05) is 6.20 Å². The van der Waals surface area contributed by atoms with E-state index in [4.69, 9.17) is 0 Å². The molecule has 0 atom stereocenters.